The Morgan fingerprint density at radius 3 is 2.34 bits per heavy atom. The van der Waals surface area contributed by atoms with Crippen LogP contribution in [0.25, 0.3) is 0 Å². The fraction of sp³-hybridized carbons (Fsp3) is 0.562. The van der Waals surface area contributed by atoms with E-state index >= 15 is 0 Å². The molecule has 41 heavy (non-hydrogen) atoms. The van der Waals surface area contributed by atoms with Crippen molar-refractivity contribution in [1.82, 2.24) is 16.0 Å². The number of rotatable bonds is 10. The number of fused-ring (bicyclic) bond motifs is 4. The van der Waals surface area contributed by atoms with E-state index in [0.29, 0.717) is 49.0 Å². The lowest BCUT2D eigenvalue weighted by Crippen LogP contribution is -2.51. The lowest BCUT2D eigenvalue weighted by atomic mass is 9.97. The third-order valence-corrected chi connectivity index (χ3v) is 8.61. The van der Waals surface area contributed by atoms with Gasteiger partial charge in [-0.15, -0.1) is 0 Å². The molecule has 2 atom stereocenters. The summed E-state index contributed by atoms with van der Waals surface area (Å²) in [6.07, 6.45) is 6.06. The largest absolute Gasteiger partial charge is 0.354 e. The standard InChI is InChI=1S/C32H48N4O4S/c1-22(2)14-30(32(38)34-20-23(3)4)33-21-28-17-25-13-9-12-24(15-25)10-7-8-11-26-16-27(31(37)35-28)19-29(18-26)36(5)41(6,39)40/h9,12-13,15-16,18-19,22-23,28,30,33H,7-8,10-11,14,17,20-21H2,1-6H3,(H,34,38)(H,35,37)/t28-,30+/m1/s1. The normalized spacial score (nSPS) is 17.1. The van der Waals surface area contributed by atoms with E-state index in [4.69, 9.17) is 0 Å². The van der Waals surface area contributed by atoms with Crippen LogP contribution in [0.3, 0.4) is 0 Å². The number of carbonyl (C=O) groups excluding carboxylic acids is 2. The van der Waals surface area contributed by atoms with Gasteiger partial charge in [0.25, 0.3) is 5.91 Å². The molecule has 0 unspecified atom stereocenters. The van der Waals surface area contributed by atoms with Crippen LogP contribution in [0, 0.1) is 11.8 Å². The monoisotopic (exact) mass is 584 g/mol. The number of hydrogen-bond donors (Lipinski definition) is 3. The Labute approximate surface area is 246 Å². The summed E-state index contributed by atoms with van der Waals surface area (Å²) in [6.45, 7) is 9.35. The average Bonchev–Trinajstić information content (AvgIpc) is 2.90. The van der Waals surface area contributed by atoms with Crippen molar-refractivity contribution in [2.24, 2.45) is 11.8 Å². The van der Waals surface area contributed by atoms with E-state index < -0.39 is 10.0 Å². The highest BCUT2D eigenvalue weighted by molar-refractivity contribution is 7.92. The molecule has 1 aliphatic heterocycles. The van der Waals surface area contributed by atoms with Crippen molar-refractivity contribution >= 4 is 27.5 Å². The van der Waals surface area contributed by atoms with E-state index in [9.17, 15) is 18.0 Å². The van der Waals surface area contributed by atoms with Gasteiger partial charge in [0, 0.05) is 31.7 Å². The maximum Gasteiger partial charge on any atom is 0.251 e. The molecule has 2 amide bonds. The molecule has 1 heterocycles. The Morgan fingerprint density at radius 1 is 1.00 bits per heavy atom. The van der Waals surface area contributed by atoms with Crippen LogP contribution in [0.5, 0.6) is 0 Å². The third kappa shape index (κ3) is 10.5. The van der Waals surface area contributed by atoms with E-state index in [0.717, 1.165) is 43.1 Å². The molecule has 2 aromatic carbocycles. The number of nitrogens with one attached hydrogen (secondary N) is 3. The maximum absolute atomic E-state index is 13.7. The number of anilines is 1. The minimum atomic E-state index is -3.49. The van der Waals surface area contributed by atoms with Gasteiger partial charge in [-0.2, -0.15) is 0 Å². The van der Waals surface area contributed by atoms with Crippen molar-refractivity contribution in [1.29, 1.82) is 0 Å². The van der Waals surface area contributed by atoms with Crippen molar-refractivity contribution in [3.8, 4) is 0 Å². The molecular weight excluding hydrogens is 536 g/mol. The molecule has 0 spiro atoms. The van der Waals surface area contributed by atoms with Crippen molar-refractivity contribution in [2.45, 2.75) is 78.3 Å². The highest BCUT2D eigenvalue weighted by Gasteiger charge is 2.23. The molecule has 9 heteroatoms. The van der Waals surface area contributed by atoms with E-state index in [-0.39, 0.29) is 23.9 Å². The second kappa shape index (κ2) is 14.8. The average molecular weight is 585 g/mol. The predicted octanol–water partition coefficient (Wildman–Crippen LogP) is 4.08. The summed E-state index contributed by atoms with van der Waals surface area (Å²) in [4.78, 5) is 26.7. The van der Waals surface area contributed by atoms with Gasteiger partial charge in [0.2, 0.25) is 15.9 Å². The number of hydrogen-bond acceptors (Lipinski definition) is 5. The molecule has 226 valence electrons. The first kappa shape index (κ1) is 32.6. The number of aryl methyl sites for hydroxylation is 2. The van der Waals surface area contributed by atoms with Gasteiger partial charge in [-0.25, -0.2) is 8.42 Å². The fourth-order valence-electron chi connectivity index (χ4n) is 5.09. The van der Waals surface area contributed by atoms with Crippen molar-refractivity contribution in [2.75, 3.05) is 30.7 Å². The molecule has 0 radical (unpaired) electrons. The Hall–Kier alpha value is -2.91. The minimum absolute atomic E-state index is 0.0252. The zero-order chi connectivity index (χ0) is 30.2. The molecule has 8 nitrogen and oxygen atoms in total. The molecular formula is C32H48N4O4S. The molecule has 3 rings (SSSR count). The number of benzene rings is 2. The molecule has 1 aliphatic rings. The zero-order valence-corrected chi connectivity index (χ0v) is 26.3. The first-order valence-corrected chi connectivity index (χ1v) is 16.6. The summed E-state index contributed by atoms with van der Waals surface area (Å²) in [5.41, 5.74) is 4.22. The number of nitrogens with zero attached hydrogens (tertiary/aromatic N) is 1. The van der Waals surface area contributed by atoms with Gasteiger partial charge in [0.15, 0.2) is 0 Å². The van der Waals surface area contributed by atoms with Crippen LogP contribution in [-0.4, -0.2) is 58.7 Å². The Morgan fingerprint density at radius 2 is 1.68 bits per heavy atom. The minimum Gasteiger partial charge on any atom is -0.354 e. The lowest BCUT2D eigenvalue weighted by molar-refractivity contribution is -0.123. The lowest BCUT2D eigenvalue weighted by Gasteiger charge is -2.26. The quantitative estimate of drug-likeness (QED) is 0.390. The Kier molecular flexibility index (Phi) is 11.8. The van der Waals surface area contributed by atoms with Crippen LogP contribution in [0.1, 0.15) is 74.0 Å². The summed E-state index contributed by atoms with van der Waals surface area (Å²) < 4.78 is 25.8. The summed E-state index contributed by atoms with van der Waals surface area (Å²) >= 11 is 0. The topological polar surface area (TPSA) is 108 Å². The first-order valence-electron chi connectivity index (χ1n) is 14.8. The summed E-state index contributed by atoms with van der Waals surface area (Å²) in [5.74, 6) is 0.384. The van der Waals surface area contributed by atoms with Gasteiger partial charge in [0.1, 0.15) is 0 Å². The van der Waals surface area contributed by atoms with E-state index in [1.807, 2.05) is 12.1 Å². The second-order valence-electron chi connectivity index (χ2n) is 12.2. The Balaban J connectivity index is 1.91. The molecule has 0 fully saturated rings. The molecule has 0 saturated heterocycles. The van der Waals surface area contributed by atoms with E-state index in [1.165, 1.54) is 16.9 Å². The third-order valence-electron chi connectivity index (χ3n) is 7.41. The summed E-state index contributed by atoms with van der Waals surface area (Å²) in [6, 6.07) is 13.2. The van der Waals surface area contributed by atoms with Gasteiger partial charge < -0.3 is 16.0 Å². The van der Waals surface area contributed by atoms with Crippen LogP contribution in [-0.2, 0) is 34.1 Å². The molecule has 0 aliphatic carbocycles. The SMILES string of the molecule is CC(C)CNC(=O)[C@H](CC(C)C)NC[C@H]1Cc2cccc(c2)CCCCc2cc(cc(N(C)S(C)(=O)=O)c2)C(=O)N1. The fourth-order valence-corrected chi connectivity index (χ4v) is 5.58. The molecule has 2 aromatic rings. The molecule has 4 bridgehead atoms. The van der Waals surface area contributed by atoms with Crippen LogP contribution in [0.2, 0.25) is 0 Å². The smallest absolute Gasteiger partial charge is 0.251 e. The second-order valence-corrected chi connectivity index (χ2v) is 14.3. The number of carbonyl (C=O) groups is 2. The zero-order valence-electron chi connectivity index (χ0n) is 25.5. The molecule has 0 saturated carbocycles. The van der Waals surface area contributed by atoms with E-state index in [2.05, 4.69) is 67.9 Å². The van der Waals surface area contributed by atoms with Gasteiger partial charge in [-0.3, -0.25) is 13.9 Å². The van der Waals surface area contributed by atoms with Crippen LogP contribution < -0.4 is 20.3 Å². The van der Waals surface area contributed by atoms with Crippen molar-refractivity contribution in [3.05, 3.63) is 64.7 Å². The van der Waals surface area contributed by atoms with Crippen molar-refractivity contribution < 1.29 is 18.0 Å². The van der Waals surface area contributed by atoms with E-state index in [1.54, 1.807) is 6.07 Å². The van der Waals surface area contributed by atoms with Crippen LogP contribution in [0.4, 0.5) is 5.69 Å². The highest BCUT2D eigenvalue weighted by atomic mass is 32.2. The van der Waals surface area contributed by atoms with Gasteiger partial charge >= 0.3 is 0 Å². The number of amides is 2. The van der Waals surface area contributed by atoms with Gasteiger partial charge in [-0.1, -0.05) is 52.0 Å². The predicted molar refractivity (Wildman–Crippen MR) is 167 cm³/mol. The maximum atomic E-state index is 13.7. The van der Waals surface area contributed by atoms with Crippen LogP contribution >= 0.6 is 0 Å². The van der Waals surface area contributed by atoms with Gasteiger partial charge in [0.05, 0.1) is 18.0 Å². The molecule has 3 N–H and O–H groups in total. The van der Waals surface area contributed by atoms with Crippen molar-refractivity contribution in [3.63, 3.8) is 0 Å². The Bertz CT molecular complexity index is 1290. The first-order chi connectivity index (χ1) is 19.3. The summed E-state index contributed by atoms with van der Waals surface area (Å²) in [7, 11) is -1.98. The number of sulfonamides is 1. The van der Waals surface area contributed by atoms with Gasteiger partial charge in [-0.05, 0) is 85.3 Å². The molecule has 0 aromatic heterocycles. The summed E-state index contributed by atoms with van der Waals surface area (Å²) in [5, 5.41) is 9.69. The van der Waals surface area contributed by atoms with Crippen LogP contribution in [0.15, 0.2) is 42.5 Å². The highest BCUT2D eigenvalue weighted by Crippen LogP contribution is 2.23.